The lowest BCUT2D eigenvalue weighted by Crippen LogP contribution is -2.53. The summed E-state index contributed by atoms with van der Waals surface area (Å²) in [6.45, 7) is 6.04. The molecule has 6 nitrogen and oxygen atoms in total. The molecule has 1 saturated heterocycles. The van der Waals surface area contributed by atoms with Gasteiger partial charge in [-0.1, -0.05) is 0 Å². The van der Waals surface area contributed by atoms with E-state index in [0.29, 0.717) is 13.2 Å². The number of amides is 1. The summed E-state index contributed by atoms with van der Waals surface area (Å²) in [4.78, 5) is 12.0. The lowest BCUT2D eigenvalue weighted by molar-refractivity contribution is -0.123. The summed E-state index contributed by atoms with van der Waals surface area (Å²) in [7, 11) is 0. The Balaban J connectivity index is 0.00000162. The summed E-state index contributed by atoms with van der Waals surface area (Å²) < 4.78 is 7.20. The maximum Gasteiger partial charge on any atom is 0.244 e. The van der Waals surface area contributed by atoms with Crippen molar-refractivity contribution in [2.24, 2.45) is 0 Å². The first-order valence-electron chi connectivity index (χ1n) is 5.89. The van der Waals surface area contributed by atoms with E-state index in [0.717, 1.165) is 12.2 Å². The van der Waals surface area contributed by atoms with Gasteiger partial charge in [0.05, 0.1) is 24.6 Å². The molecular formula is C11H19ClN4O2. The number of rotatable bonds is 3. The topological polar surface area (TPSA) is 68.2 Å². The maximum absolute atomic E-state index is 12.0. The van der Waals surface area contributed by atoms with Gasteiger partial charge in [-0.15, -0.1) is 12.4 Å². The minimum atomic E-state index is -0.297. The Morgan fingerprint density at radius 1 is 1.72 bits per heavy atom. The Morgan fingerprint density at radius 2 is 2.50 bits per heavy atom. The van der Waals surface area contributed by atoms with E-state index >= 15 is 0 Å². The van der Waals surface area contributed by atoms with Gasteiger partial charge in [0.25, 0.3) is 0 Å². The fourth-order valence-electron chi connectivity index (χ4n) is 1.85. The average Bonchev–Trinajstić information content (AvgIpc) is 2.77. The summed E-state index contributed by atoms with van der Waals surface area (Å²) in [5.74, 6) is -0.0761. The number of ether oxygens (including phenoxy) is 1. The Bertz CT molecular complexity index is 396. The summed E-state index contributed by atoms with van der Waals surface area (Å²) in [6, 6.07) is -0.297. The van der Waals surface area contributed by atoms with E-state index < -0.39 is 0 Å². The fourth-order valence-corrected chi connectivity index (χ4v) is 1.85. The lowest BCUT2D eigenvalue weighted by atomic mass is 10.1. The van der Waals surface area contributed by atoms with Crippen molar-refractivity contribution in [1.29, 1.82) is 0 Å². The van der Waals surface area contributed by atoms with Gasteiger partial charge in [0, 0.05) is 19.3 Å². The Labute approximate surface area is 112 Å². The normalized spacial score (nSPS) is 23.2. The number of nitrogens with one attached hydrogen (secondary N) is 2. The van der Waals surface area contributed by atoms with Crippen molar-refractivity contribution in [1.82, 2.24) is 15.1 Å². The molecule has 1 fully saturated rings. The van der Waals surface area contributed by atoms with Crippen molar-refractivity contribution in [3.05, 3.63) is 12.4 Å². The van der Waals surface area contributed by atoms with E-state index in [1.807, 2.05) is 20.0 Å². The van der Waals surface area contributed by atoms with Crippen LogP contribution in [-0.4, -0.2) is 41.0 Å². The SMILES string of the molecule is CCn1cc(NC(=O)[C@H]2NCCO[C@@H]2C)cn1.Cl. The van der Waals surface area contributed by atoms with Crippen LogP contribution in [0.25, 0.3) is 0 Å². The summed E-state index contributed by atoms with van der Waals surface area (Å²) in [6.07, 6.45) is 3.35. The Morgan fingerprint density at radius 3 is 3.11 bits per heavy atom. The van der Waals surface area contributed by atoms with Crippen molar-refractivity contribution in [3.63, 3.8) is 0 Å². The van der Waals surface area contributed by atoms with Crippen molar-refractivity contribution in [3.8, 4) is 0 Å². The van der Waals surface area contributed by atoms with Crippen molar-refractivity contribution >= 4 is 24.0 Å². The molecule has 1 aliphatic rings. The standard InChI is InChI=1S/C11H18N4O2.ClH/c1-3-15-7-9(6-13-15)14-11(16)10-8(2)17-5-4-12-10;/h6-8,10,12H,3-5H2,1-2H3,(H,14,16);1H/t8-,10+;/m1./s1. The predicted octanol–water partition coefficient (Wildman–Crippen LogP) is 0.640. The number of hydrogen-bond donors (Lipinski definition) is 2. The van der Waals surface area contributed by atoms with Gasteiger partial charge >= 0.3 is 0 Å². The molecule has 7 heteroatoms. The first kappa shape index (κ1) is 14.9. The maximum atomic E-state index is 12.0. The Hall–Kier alpha value is -1.11. The largest absolute Gasteiger partial charge is 0.375 e. The second kappa shape index (κ2) is 6.72. The number of morpholine rings is 1. The molecule has 1 aromatic heterocycles. The number of aromatic nitrogens is 2. The molecule has 102 valence electrons. The fraction of sp³-hybridized carbons (Fsp3) is 0.636. The van der Waals surface area contributed by atoms with Crippen LogP contribution in [0.4, 0.5) is 5.69 Å². The van der Waals surface area contributed by atoms with Gasteiger partial charge in [0.1, 0.15) is 6.04 Å². The highest BCUT2D eigenvalue weighted by Gasteiger charge is 2.28. The monoisotopic (exact) mass is 274 g/mol. The van der Waals surface area contributed by atoms with Gasteiger partial charge in [-0.25, -0.2) is 0 Å². The first-order valence-corrected chi connectivity index (χ1v) is 5.89. The molecule has 0 bridgehead atoms. The molecule has 0 radical (unpaired) electrons. The number of anilines is 1. The zero-order valence-corrected chi connectivity index (χ0v) is 11.4. The third kappa shape index (κ3) is 3.44. The number of hydrogen-bond acceptors (Lipinski definition) is 4. The Kier molecular flexibility index (Phi) is 5.58. The van der Waals surface area contributed by atoms with Crippen LogP contribution in [0.2, 0.25) is 0 Å². The van der Waals surface area contributed by atoms with E-state index in [9.17, 15) is 4.79 Å². The van der Waals surface area contributed by atoms with Gasteiger partial charge in [0.2, 0.25) is 5.91 Å². The molecule has 0 aliphatic carbocycles. The van der Waals surface area contributed by atoms with Gasteiger partial charge in [0.15, 0.2) is 0 Å². The van der Waals surface area contributed by atoms with Crippen LogP contribution in [0.15, 0.2) is 12.4 Å². The highest BCUT2D eigenvalue weighted by atomic mass is 35.5. The molecule has 0 saturated carbocycles. The average molecular weight is 275 g/mol. The molecule has 2 atom stereocenters. The molecule has 1 aliphatic heterocycles. The molecule has 1 amide bonds. The van der Waals surface area contributed by atoms with E-state index in [-0.39, 0.29) is 30.5 Å². The van der Waals surface area contributed by atoms with Gasteiger partial charge < -0.3 is 15.4 Å². The minimum absolute atomic E-state index is 0. The third-order valence-electron chi connectivity index (χ3n) is 2.82. The van der Waals surface area contributed by atoms with Crippen molar-refractivity contribution in [2.45, 2.75) is 32.5 Å². The molecule has 1 aromatic rings. The highest BCUT2D eigenvalue weighted by Crippen LogP contribution is 2.09. The molecule has 18 heavy (non-hydrogen) atoms. The quantitative estimate of drug-likeness (QED) is 0.849. The van der Waals surface area contributed by atoms with Crippen molar-refractivity contribution < 1.29 is 9.53 Å². The second-order valence-corrected chi connectivity index (χ2v) is 4.08. The molecule has 0 aromatic carbocycles. The third-order valence-corrected chi connectivity index (χ3v) is 2.82. The van der Waals surface area contributed by atoms with Gasteiger partial charge in [-0.2, -0.15) is 5.10 Å². The molecule has 2 heterocycles. The first-order chi connectivity index (χ1) is 8.20. The molecule has 2 N–H and O–H groups in total. The van der Waals surface area contributed by atoms with E-state index in [2.05, 4.69) is 15.7 Å². The number of halogens is 1. The van der Waals surface area contributed by atoms with Crippen LogP contribution < -0.4 is 10.6 Å². The van der Waals surface area contributed by atoms with Crippen LogP contribution in [0, 0.1) is 0 Å². The zero-order valence-electron chi connectivity index (χ0n) is 10.5. The number of nitrogens with zero attached hydrogens (tertiary/aromatic N) is 2. The van der Waals surface area contributed by atoms with Crippen LogP contribution in [0.3, 0.4) is 0 Å². The van der Waals surface area contributed by atoms with E-state index in [1.54, 1.807) is 10.9 Å². The second-order valence-electron chi connectivity index (χ2n) is 4.08. The number of aryl methyl sites for hydroxylation is 1. The van der Waals surface area contributed by atoms with E-state index in [4.69, 9.17) is 4.74 Å². The molecular weight excluding hydrogens is 256 g/mol. The van der Waals surface area contributed by atoms with Gasteiger partial charge in [-0.05, 0) is 13.8 Å². The molecule has 0 unspecified atom stereocenters. The number of carbonyl (C=O) groups is 1. The van der Waals surface area contributed by atoms with Crippen LogP contribution in [0.5, 0.6) is 0 Å². The van der Waals surface area contributed by atoms with Gasteiger partial charge in [-0.3, -0.25) is 9.48 Å². The smallest absolute Gasteiger partial charge is 0.244 e. The van der Waals surface area contributed by atoms with Crippen molar-refractivity contribution in [2.75, 3.05) is 18.5 Å². The predicted molar refractivity (Wildman–Crippen MR) is 71.0 cm³/mol. The minimum Gasteiger partial charge on any atom is -0.375 e. The lowest BCUT2D eigenvalue weighted by Gasteiger charge is -2.29. The summed E-state index contributed by atoms with van der Waals surface area (Å²) in [5.41, 5.74) is 0.719. The van der Waals surface area contributed by atoms with Crippen LogP contribution >= 0.6 is 12.4 Å². The van der Waals surface area contributed by atoms with E-state index in [1.165, 1.54) is 0 Å². The van der Waals surface area contributed by atoms with Crippen LogP contribution in [0.1, 0.15) is 13.8 Å². The molecule has 0 spiro atoms. The highest BCUT2D eigenvalue weighted by molar-refractivity contribution is 5.95. The number of carbonyl (C=O) groups excluding carboxylic acids is 1. The zero-order chi connectivity index (χ0) is 12.3. The molecule has 2 rings (SSSR count). The van der Waals surface area contributed by atoms with Crippen LogP contribution in [-0.2, 0) is 16.1 Å². The summed E-state index contributed by atoms with van der Waals surface area (Å²) in [5, 5.41) is 10.1. The summed E-state index contributed by atoms with van der Waals surface area (Å²) >= 11 is 0.